The Morgan fingerprint density at radius 3 is 2.17 bits per heavy atom. The summed E-state index contributed by atoms with van der Waals surface area (Å²) in [5.74, 6) is 0.00418. The van der Waals surface area contributed by atoms with Gasteiger partial charge in [-0.3, -0.25) is 9.69 Å². The predicted molar refractivity (Wildman–Crippen MR) is 107 cm³/mol. The monoisotopic (exact) mass is 349 g/mol. The molecule has 0 saturated carbocycles. The molecule has 0 atom stereocenters. The van der Waals surface area contributed by atoms with Gasteiger partial charge < -0.3 is 0 Å². The van der Waals surface area contributed by atoms with Crippen molar-refractivity contribution in [3.05, 3.63) is 65.1 Å². The summed E-state index contributed by atoms with van der Waals surface area (Å²) in [6.45, 7) is 2.55. The molecular weight excluding hydrogens is 334 g/mol. The first-order valence-electron chi connectivity index (χ1n) is 7.85. The van der Waals surface area contributed by atoms with Crippen LogP contribution in [0.3, 0.4) is 0 Å². The SMILES string of the molecule is CCN1C(=O)/C(=C/c2c3ccccc3cc3ccccc23)SC1=S. The number of rotatable bonds is 2. The average molecular weight is 349 g/mol. The fraction of sp³-hybridized carbons (Fsp3) is 0.100. The third-order valence-electron chi connectivity index (χ3n) is 4.28. The lowest BCUT2D eigenvalue weighted by molar-refractivity contribution is -0.121. The first-order valence-corrected chi connectivity index (χ1v) is 9.07. The van der Waals surface area contributed by atoms with Crippen LogP contribution in [-0.2, 0) is 4.79 Å². The average Bonchev–Trinajstić information content (AvgIpc) is 2.87. The molecule has 1 fully saturated rings. The van der Waals surface area contributed by atoms with Crippen LogP contribution in [0.15, 0.2) is 59.5 Å². The second-order valence-corrected chi connectivity index (χ2v) is 7.33. The smallest absolute Gasteiger partial charge is 0.266 e. The number of carbonyl (C=O) groups excluding carboxylic acids is 1. The molecule has 1 amide bonds. The van der Waals surface area contributed by atoms with Crippen molar-refractivity contribution >= 4 is 61.8 Å². The molecule has 1 aliphatic heterocycles. The van der Waals surface area contributed by atoms with Crippen LogP contribution in [0.5, 0.6) is 0 Å². The summed E-state index contributed by atoms with van der Waals surface area (Å²) >= 11 is 6.72. The van der Waals surface area contributed by atoms with Crippen molar-refractivity contribution in [1.82, 2.24) is 4.90 Å². The second-order valence-electron chi connectivity index (χ2n) is 5.66. The Balaban J connectivity index is 2.00. The highest BCUT2D eigenvalue weighted by atomic mass is 32.2. The minimum atomic E-state index is 0.00418. The Bertz CT molecular complexity index is 969. The molecule has 0 spiro atoms. The van der Waals surface area contributed by atoms with Crippen LogP contribution in [0.25, 0.3) is 27.6 Å². The molecule has 118 valence electrons. The van der Waals surface area contributed by atoms with E-state index in [0.29, 0.717) is 15.8 Å². The number of nitrogens with zero attached hydrogens (tertiary/aromatic N) is 1. The Morgan fingerprint density at radius 2 is 1.62 bits per heavy atom. The minimum Gasteiger partial charge on any atom is -0.293 e. The van der Waals surface area contributed by atoms with E-state index in [1.165, 1.54) is 22.5 Å². The first kappa shape index (κ1) is 15.4. The number of thiocarbonyl (C=S) groups is 1. The van der Waals surface area contributed by atoms with Gasteiger partial charge in [-0.1, -0.05) is 72.5 Å². The third-order valence-corrected chi connectivity index (χ3v) is 5.66. The Kier molecular flexibility index (Phi) is 3.87. The van der Waals surface area contributed by atoms with E-state index in [0.717, 1.165) is 16.3 Å². The summed E-state index contributed by atoms with van der Waals surface area (Å²) in [7, 11) is 0. The number of hydrogen-bond acceptors (Lipinski definition) is 3. The largest absolute Gasteiger partial charge is 0.293 e. The van der Waals surface area contributed by atoms with Gasteiger partial charge in [0.1, 0.15) is 4.32 Å². The van der Waals surface area contributed by atoms with E-state index in [9.17, 15) is 4.79 Å². The van der Waals surface area contributed by atoms with E-state index in [1.807, 2.05) is 37.3 Å². The summed E-state index contributed by atoms with van der Waals surface area (Å²) in [5, 5.41) is 4.65. The molecule has 3 aromatic carbocycles. The molecule has 1 saturated heterocycles. The van der Waals surface area contributed by atoms with Gasteiger partial charge in [0.2, 0.25) is 0 Å². The second kappa shape index (κ2) is 6.04. The van der Waals surface area contributed by atoms with E-state index in [4.69, 9.17) is 12.2 Å². The number of fused-ring (bicyclic) bond motifs is 2. The van der Waals surface area contributed by atoms with E-state index >= 15 is 0 Å². The summed E-state index contributed by atoms with van der Waals surface area (Å²) in [5.41, 5.74) is 1.08. The molecule has 1 aliphatic rings. The predicted octanol–water partition coefficient (Wildman–Crippen LogP) is 5.21. The molecule has 0 aromatic heterocycles. The van der Waals surface area contributed by atoms with Crippen LogP contribution in [-0.4, -0.2) is 21.7 Å². The number of hydrogen-bond donors (Lipinski definition) is 0. The fourth-order valence-electron chi connectivity index (χ4n) is 3.11. The van der Waals surface area contributed by atoms with Crippen molar-refractivity contribution < 1.29 is 4.79 Å². The molecule has 0 bridgehead atoms. The lowest BCUT2D eigenvalue weighted by Gasteiger charge is -2.10. The molecule has 0 aliphatic carbocycles. The molecule has 24 heavy (non-hydrogen) atoms. The standard InChI is InChI=1S/C20H15NOS2/c1-2-21-19(22)18(24-20(21)23)12-17-15-9-5-3-7-13(15)11-14-8-4-6-10-16(14)17/h3-12H,2H2,1H3/b18-12-. The molecule has 4 rings (SSSR count). The van der Waals surface area contributed by atoms with Crippen molar-refractivity contribution in [2.75, 3.05) is 6.54 Å². The lowest BCUT2D eigenvalue weighted by Crippen LogP contribution is -2.27. The van der Waals surface area contributed by atoms with Crippen LogP contribution in [0.4, 0.5) is 0 Å². The summed E-state index contributed by atoms with van der Waals surface area (Å²) < 4.78 is 0.637. The van der Waals surface area contributed by atoms with Gasteiger partial charge in [-0.05, 0) is 46.2 Å². The van der Waals surface area contributed by atoms with Crippen LogP contribution >= 0.6 is 24.0 Å². The van der Waals surface area contributed by atoms with Gasteiger partial charge in [-0.25, -0.2) is 0 Å². The zero-order valence-electron chi connectivity index (χ0n) is 13.2. The van der Waals surface area contributed by atoms with Gasteiger partial charge in [0.25, 0.3) is 5.91 Å². The van der Waals surface area contributed by atoms with Gasteiger partial charge in [-0.15, -0.1) is 0 Å². The van der Waals surface area contributed by atoms with Crippen molar-refractivity contribution in [2.45, 2.75) is 6.92 Å². The quantitative estimate of drug-likeness (QED) is 0.360. The first-order chi connectivity index (χ1) is 11.7. The zero-order chi connectivity index (χ0) is 16.7. The highest BCUT2D eigenvalue weighted by Gasteiger charge is 2.30. The summed E-state index contributed by atoms with van der Waals surface area (Å²) in [6, 6.07) is 18.8. The molecule has 3 aromatic rings. The van der Waals surface area contributed by atoms with E-state index < -0.39 is 0 Å². The van der Waals surface area contributed by atoms with Crippen LogP contribution < -0.4 is 0 Å². The molecular formula is C20H15NOS2. The number of thioether (sulfide) groups is 1. The molecule has 0 N–H and O–H groups in total. The van der Waals surface area contributed by atoms with Gasteiger partial charge in [0.05, 0.1) is 4.91 Å². The maximum Gasteiger partial charge on any atom is 0.266 e. The topological polar surface area (TPSA) is 20.3 Å². The highest BCUT2D eigenvalue weighted by molar-refractivity contribution is 8.26. The molecule has 4 heteroatoms. The Morgan fingerprint density at radius 1 is 1.04 bits per heavy atom. The van der Waals surface area contributed by atoms with E-state index in [2.05, 4.69) is 30.3 Å². The Hall–Kier alpha value is -2.17. The number of likely N-dealkylation sites (N-methyl/N-ethyl adjacent to an activating group) is 1. The summed E-state index contributed by atoms with van der Waals surface area (Å²) in [6.07, 6.45) is 2.00. The van der Waals surface area contributed by atoms with E-state index in [1.54, 1.807) is 4.90 Å². The van der Waals surface area contributed by atoms with Gasteiger partial charge in [0, 0.05) is 6.54 Å². The van der Waals surface area contributed by atoms with Gasteiger partial charge >= 0.3 is 0 Å². The molecule has 0 radical (unpaired) electrons. The number of amides is 1. The number of carbonyl (C=O) groups is 1. The molecule has 1 heterocycles. The maximum atomic E-state index is 12.6. The maximum absolute atomic E-state index is 12.6. The third kappa shape index (κ3) is 2.43. The van der Waals surface area contributed by atoms with Crippen molar-refractivity contribution in [2.24, 2.45) is 0 Å². The lowest BCUT2D eigenvalue weighted by atomic mass is 9.96. The molecule has 2 nitrogen and oxygen atoms in total. The van der Waals surface area contributed by atoms with Crippen molar-refractivity contribution in [1.29, 1.82) is 0 Å². The zero-order valence-corrected chi connectivity index (χ0v) is 14.8. The van der Waals surface area contributed by atoms with Crippen molar-refractivity contribution in [3.8, 4) is 0 Å². The number of benzene rings is 3. The Labute approximate surface area is 150 Å². The van der Waals surface area contributed by atoms with Crippen LogP contribution in [0.2, 0.25) is 0 Å². The highest BCUT2D eigenvalue weighted by Crippen LogP contribution is 2.36. The fourth-order valence-corrected chi connectivity index (χ4v) is 4.47. The van der Waals surface area contributed by atoms with Crippen LogP contribution in [0.1, 0.15) is 12.5 Å². The summed E-state index contributed by atoms with van der Waals surface area (Å²) in [4.78, 5) is 14.9. The van der Waals surface area contributed by atoms with Crippen molar-refractivity contribution in [3.63, 3.8) is 0 Å². The van der Waals surface area contributed by atoms with E-state index in [-0.39, 0.29) is 5.91 Å². The normalized spacial score (nSPS) is 16.7. The molecule has 0 unspecified atom stereocenters. The van der Waals surface area contributed by atoms with Gasteiger partial charge in [0.15, 0.2) is 0 Å². The minimum absolute atomic E-state index is 0.00418. The van der Waals surface area contributed by atoms with Crippen LogP contribution in [0, 0.1) is 0 Å². The van der Waals surface area contributed by atoms with Gasteiger partial charge in [-0.2, -0.15) is 0 Å².